The van der Waals surface area contributed by atoms with Crippen LogP contribution in [0, 0.1) is 0 Å². The van der Waals surface area contributed by atoms with Gasteiger partial charge >= 0.3 is 0 Å². The third-order valence-electron chi connectivity index (χ3n) is 2.26. The maximum absolute atomic E-state index is 5.95. The van der Waals surface area contributed by atoms with E-state index in [1.807, 2.05) is 18.2 Å². The van der Waals surface area contributed by atoms with E-state index in [2.05, 4.69) is 4.98 Å². The molecule has 0 spiro atoms. The summed E-state index contributed by atoms with van der Waals surface area (Å²) in [6, 6.07) is 9.06. The van der Waals surface area contributed by atoms with Crippen molar-refractivity contribution >= 4 is 17.3 Å². The van der Waals surface area contributed by atoms with Gasteiger partial charge in [0, 0.05) is 11.8 Å². The molecule has 0 aliphatic rings. The first-order valence-corrected chi connectivity index (χ1v) is 5.14. The van der Waals surface area contributed by atoms with Crippen LogP contribution in [0.1, 0.15) is 0 Å². The van der Waals surface area contributed by atoms with Crippen LogP contribution >= 0.6 is 11.6 Å². The minimum Gasteiger partial charge on any atom is -0.495 e. The van der Waals surface area contributed by atoms with Gasteiger partial charge in [-0.15, -0.1) is 0 Å². The lowest BCUT2D eigenvalue weighted by Gasteiger charge is -2.07. The molecule has 4 heteroatoms. The van der Waals surface area contributed by atoms with Gasteiger partial charge in [-0.25, -0.2) is 0 Å². The van der Waals surface area contributed by atoms with E-state index in [0.717, 1.165) is 11.3 Å². The fourth-order valence-corrected chi connectivity index (χ4v) is 1.66. The molecule has 0 aliphatic carbocycles. The van der Waals surface area contributed by atoms with Crippen LogP contribution in [-0.4, -0.2) is 12.1 Å². The zero-order chi connectivity index (χ0) is 11.5. The van der Waals surface area contributed by atoms with Crippen LogP contribution in [0.15, 0.2) is 36.5 Å². The van der Waals surface area contributed by atoms with Crippen molar-refractivity contribution in [3.63, 3.8) is 0 Å². The summed E-state index contributed by atoms with van der Waals surface area (Å²) in [7, 11) is 1.58. The normalized spacial score (nSPS) is 10.1. The van der Waals surface area contributed by atoms with E-state index in [-0.39, 0.29) is 0 Å². The van der Waals surface area contributed by atoms with E-state index in [1.165, 1.54) is 0 Å². The predicted molar refractivity (Wildman–Crippen MR) is 65.6 cm³/mol. The summed E-state index contributed by atoms with van der Waals surface area (Å²) in [4.78, 5) is 4.23. The zero-order valence-electron chi connectivity index (χ0n) is 8.77. The van der Waals surface area contributed by atoms with E-state index < -0.39 is 0 Å². The number of hydrogen-bond acceptors (Lipinski definition) is 3. The molecule has 0 aliphatic heterocycles. The van der Waals surface area contributed by atoms with Crippen LogP contribution in [0.25, 0.3) is 11.3 Å². The number of rotatable bonds is 2. The SMILES string of the molecule is COc1cc(-c2ncccc2N)ccc1Cl. The fraction of sp³-hybridized carbons (Fsp3) is 0.0833. The quantitative estimate of drug-likeness (QED) is 0.869. The second-order valence-electron chi connectivity index (χ2n) is 3.29. The molecular formula is C12H11ClN2O. The van der Waals surface area contributed by atoms with Gasteiger partial charge in [0.1, 0.15) is 5.75 Å². The number of halogens is 1. The van der Waals surface area contributed by atoms with Crippen molar-refractivity contribution in [1.29, 1.82) is 0 Å². The molecule has 0 unspecified atom stereocenters. The van der Waals surface area contributed by atoms with Crippen LogP contribution in [-0.2, 0) is 0 Å². The number of methoxy groups -OCH3 is 1. The molecule has 2 aromatic rings. The van der Waals surface area contributed by atoms with Crippen molar-refractivity contribution in [1.82, 2.24) is 4.98 Å². The number of anilines is 1. The van der Waals surface area contributed by atoms with Crippen molar-refractivity contribution in [2.75, 3.05) is 12.8 Å². The van der Waals surface area contributed by atoms with Gasteiger partial charge in [-0.3, -0.25) is 4.98 Å². The Balaban J connectivity index is 2.53. The number of benzene rings is 1. The predicted octanol–water partition coefficient (Wildman–Crippen LogP) is 2.99. The number of pyridine rings is 1. The third kappa shape index (κ3) is 1.95. The molecule has 1 heterocycles. The standard InChI is InChI=1S/C12H11ClN2O/c1-16-11-7-8(4-5-9(11)13)12-10(14)3-2-6-15-12/h2-7H,14H2,1H3. The highest BCUT2D eigenvalue weighted by Gasteiger charge is 2.07. The number of nitrogens with zero attached hydrogens (tertiary/aromatic N) is 1. The molecule has 0 saturated heterocycles. The Morgan fingerprint density at radius 1 is 1.31 bits per heavy atom. The van der Waals surface area contributed by atoms with Crippen LogP contribution in [0.4, 0.5) is 5.69 Å². The largest absolute Gasteiger partial charge is 0.495 e. The molecule has 0 radical (unpaired) electrons. The van der Waals surface area contributed by atoms with Gasteiger partial charge < -0.3 is 10.5 Å². The van der Waals surface area contributed by atoms with Crippen molar-refractivity contribution in [3.8, 4) is 17.0 Å². The lowest BCUT2D eigenvalue weighted by Crippen LogP contribution is -1.93. The fourth-order valence-electron chi connectivity index (χ4n) is 1.47. The molecule has 0 saturated carbocycles. The van der Waals surface area contributed by atoms with Gasteiger partial charge in [0.2, 0.25) is 0 Å². The molecule has 3 nitrogen and oxygen atoms in total. The molecule has 2 rings (SSSR count). The first-order valence-electron chi connectivity index (χ1n) is 4.77. The van der Waals surface area contributed by atoms with E-state index >= 15 is 0 Å². The van der Waals surface area contributed by atoms with Crippen LogP contribution < -0.4 is 10.5 Å². The number of nitrogen functional groups attached to an aromatic ring is 1. The Kier molecular flexibility index (Phi) is 2.97. The van der Waals surface area contributed by atoms with Crippen molar-refractivity contribution < 1.29 is 4.74 Å². The summed E-state index contributed by atoms with van der Waals surface area (Å²) < 4.78 is 5.15. The molecule has 82 valence electrons. The Bertz CT molecular complexity index is 514. The Morgan fingerprint density at radius 3 is 2.81 bits per heavy atom. The molecule has 0 fully saturated rings. The van der Waals surface area contributed by atoms with Gasteiger partial charge in [-0.05, 0) is 24.3 Å². The van der Waals surface area contributed by atoms with Crippen molar-refractivity contribution in [2.45, 2.75) is 0 Å². The van der Waals surface area contributed by atoms with Crippen LogP contribution in [0.2, 0.25) is 5.02 Å². The molecule has 1 aromatic carbocycles. The molecule has 16 heavy (non-hydrogen) atoms. The first kappa shape index (κ1) is 10.8. The summed E-state index contributed by atoms with van der Waals surface area (Å²) in [5.41, 5.74) is 8.10. The topological polar surface area (TPSA) is 48.1 Å². The molecular weight excluding hydrogens is 224 g/mol. The van der Waals surface area contributed by atoms with Crippen LogP contribution in [0.5, 0.6) is 5.75 Å². The zero-order valence-corrected chi connectivity index (χ0v) is 9.53. The van der Waals surface area contributed by atoms with Crippen molar-refractivity contribution in [2.24, 2.45) is 0 Å². The summed E-state index contributed by atoms with van der Waals surface area (Å²) in [6.07, 6.45) is 1.70. The highest BCUT2D eigenvalue weighted by molar-refractivity contribution is 6.32. The second kappa shape index (κ2) is 4.41. The van der Waals surface area contributed by atoms with Gasteiger partial charge in [-0.1, -0.05) is 17.7 Å². The number of hydrogen-bond donors (Lipinski definition) is 1. The maximum atomic E-state index is 5.95. The minimum absolute atomic E-state index is 0.570. The first-order chi connectivity index (χ1) is 7.72. The van der Waals surface area contributed by atoms with Gasteiger partial charge in [-0.2, -0.15) is 0 Å². The third-order valence-corrected chi connectivity index (χ3v) is 2.58. The van der Waals surface area contributed by atoms with Crippen molar-refractivity contribution in [3.05, 3.63) is 41.6 Å². The summed E-state index contributed by atoms with van der Waals surface area (Å²) in [5, 5.41) is 0.570. The molecule has 0 amide bonds. The highest BCUT2D eigenvalue weighted by atomic mass is 35.5. The lowest BCUT2D eigenvalue weighted by molar-refractivity contribution is 0.415. The van der Waals surface area contributed by atoms with Crippen LogP contribution in [0.3, 0.4) is 0 Å². The Morgan fingerprint density at radius 2 is 2.12 bits per heavy atom. The smallest absolute Gasteiger partial charge is 0.138 e. The average molecular weight is 235 g/mol. The van der Waals surface area contributed by atoms with E-state index in [0.29, 0.717) is 16.5 Å². The van der Waals surface area contributed by atoms with Gasteiger partial charge in [0.15, 0.2) is 0 Å². The molecule has 2 N–H and O–H groups in total. The van der Waals surface area contributed by atoms with E-state index in [9.17, 15) is 0 Å². The summed E-state index contributed by atoms with van der Waals surface area (Å²) in [6.45, 7) is 0. The average Bonchev–Trinajstić information content (AvgIpc) is 2.31. The summed E-state index contributed by atoms with van der Waals surface area (Å²) >= 11 is 5.95. The molecule has 0 bridgehead atoms. The van der Waals surface area contributed by atoms with Gasteiger partial charge in [0.25, 0.3) is 0 Å². The summed E-state index contributed by atoms with van der Waals surface area (Å²) in [5.74, 6) is 0.615. The number of ether oxygens (including phenoxy) is 1. The number of aromatic nitrogens is 1. The van der Waals surface area contributed by atoms with E-state index in [4.69, 9.17) is 22.1 Å². The monoisotopic (exact) mass is 234 g/mol. The molecule has 0 atom stereocenters. The Labute approximate surface area is 98.8 Å². The highest BCUT2D eigenvalue weighted by Crippen LogP contribution is 2.31. The number of nitrogens with two attached hydrogens (primary N) is 1. The second-order valence-corrected chi connectivity index (χ2v) is 3.70. The lowest BCUT2D eigenvalue weighted by atomic mass is 10.1. The maximum Gasteiger partial charge on any atom is 0.138 e. The molecule has 1 aromatic heterocycles. The van der Waals surface area contributed by atoms with Gasteiger partial charge in [0.05, 0.1) is 23.5 Å². The Hall–Kier alpha value is -1.74. The van der Waals surface area contributed by atoms with E-state index in [1.54, 1.807) is 25.4 Å². The minimum atomic E-state index is 0.570.